The molecule has 3 aromatic rings. The molecule has 2 aliphatic rings. The van der Waals surface area contributed by atoms with Crippen molar-refractivity contribution in [2.75, 3.05) is 24.5 Å². The normalized spacial score (nSPS) is 20.2. The number of anilines is 1. The molecule has 0 aromatic carbocycles. The Labute approximate surface area is 163 Å². The highest BCUT2D eigenvalue weighted by molar-refractivity contribution is 5.91. The minimum absolute atomic E-state index is 0.0661. The van der Waals surface area contributed by atoms with E-state index in [0.717, 1.165) is 55.1 Å². The number of piperidine rings is 1. The van der Waals surface area contributed by atoms with Gasteiger partial charge in [-0.15, -0.1) is 0 Å². The van der Waals surface area contributed by atoms with E-state index in [9.17, 15) is 4.79 Å². The molecule has 28 heavy (non-hydrogen) atoms. The number of hydrogen-bond acceptors (Lipinski definition) is 6. The van der Waals surface area contributed by atoms with E-state index in [1.54, 1.807) is 0 Å². The number of aromatic nitrogens is 4. The SMILES string of the molecule is Cc1cn2nc(C3CCCCN3C(=O)c3cnco3)cc2nc1N1CCCC1. The molecule has 0 bridgehead atoms. The molecule has 2 fully saturated rings. The van der Waals surface area contributed by atoms with E-state index < -0.39 is 0 Å². The summed E-state index contributed by atoms with van der Waals surface area (Å²) in [6.45, 7) is 4.91. The van der Waals surface area contributed by atoms with Gasteiger partial charge in [0.1, 0.15) is 5.82 Å². The molecule has 0 spiro atoms. The van der Waals surface area contributed by atoms with Crippen LogP contribution in [0.25, 0.3) is 5.65 Å². The first-order chi connectivity index (χ1) is 13.7. The molecule has 2 aliphatic heterocycles. The van der Waals surface area contributed by atoms with E-state index in [4.69, 9.17) is 14.5 Å². The lowest BCUT2D eigenvalue weighted by atomic mass is 9.99. The van der Waals surface area contributed by atoms with Gasteiger partial charge in [-0.3, -0.25) is 4.79 Å². The maximum atomic E-state index is 12.9. The third kappa shape index (κ3) is 2.93. The largest absolute Gasteiger partial charge is 0.438 e. The molecule has 8 nitrogen and oxygen atoms in total. The van der Waals surface area contributed by atoms with Crippen LogP contribution in [0.15, 0.2) is 29.3 Å². The first kappa shape index (κ1) is 17.2. The molecule has 0 N–H and O–H groups in total. The first-order valence-corrected chi connectivity index (χ1v) is 10.0. The van der Waals surface area contributed by atoms with Gasteiger partial charge in [-0.25, -0.2) is 14.5 Å². The number of oxazole rings is 1. The number of nitrogens with zero attached hydrogens (tertiary/aromatic N) is 6. The van der Waals surface area contributed by atoms with E-state index in [1.807, 2.05) is 21.7 Å². The standard InChI is InChI=1S/C20H24N6O2/c1-14-12-26-18(22-19(14)24-7-4-5-8-24)10-15(23-26)16-6-2-3-9-25(16)20(27)17-11-21-13-28-17/h10-13,16H,2-9H2,1H3. The summed E-state index contributed by atoms with van der Waals surface area (Å²) < 4.78 is 7.08. The Hall–Kier alpha value is -2.90. The Morgan fingerprint density at radius 3 is 2.79 bits per heavy atom. The maximum absolute atomic E-state index is 12.9. The van der Waals surface area contributed by atoms with Crippen molar-refractivity contribution in [2.45, 2.75) is 45.1 Å². The van der Waals surface area contributed by atoms with Crippen molar-refractivity contribution >= 4 is 17.4 Å². The smallest absolute Gasteiger partial charge is 0.291 e. The van der Waals surface area contributed by atoms with Crippen molar-refractivity contribution in [1.82, 2.24) is 24.5 Å². The summed E-state index contributed by atoms with van der Waals surface area (Å²) in [5.74, 6) is 1.21. The van der Waals surface area contributed by atoms with Gasteiger partial charge in [-0.05, 0) is 39.0 Å². The van der Waals surface area contributed by atoms with Gasteiger partial charge in [-0.2, -0.15) is 5.10 Å². The Balaban J connectivity index is 1.49. The Morgan fingerprint density at radius 2 is 2.00 bits per heavy atom. The third-order valence-corrected chi connectivity index (χ3v) is 5.78. The molecule has 0 saturated carbocycles. The Bertz CT molecular complexity index is 990. The molecular weight excluding hydrogens is 356 g/mol. The quantitative estimate of drug-likeness (QED) is 0.695. The molecular formula is C20H24N6O2. The predicted molar refractivity (Wildman–Crippen MR) is 103 cm³/mol. The van der Waals surface area contributed by atoms with Crippen LogP contribution >= 0.6 is 0 Å². The molecule has 1 amide bonds. The molecule has 0 radical (unpaired) electrons. The highest BCUT2D eigenvalue weighted by Crippen LogP contribution is 2.32. The Kier molecular flexibility index (Phi) is 4.26. The number of fused-ring (bicyclic) bond motifs is 1. The topological polar surface area (TPSA) is 79.8 Å². The summed E-state index contributed by atoms with van der Waals surface area (Å²) >= 11 is 0. The number of carbonyl (C=O) groups is 1. The average molecular weight is 380 g/mol. The zero-order valence-electron chi connectivity index (χ0n) is 16.0. The van der Waals surface area contributed by atoms with Gasteiger partial charge >= 0.3 is 0 Å². The van der Waals surface area contributed by atoms with Crippen molar-refractivity contribution in [3.8, 4) is 0 Å². The van der Waals surface area contributed by atoms with E-state index in [1.165, 1.54) is 25.4 Å². The van der Waals surface area contributed by atoms with Crippen molar-refractivity contribution in [3.63, 3.8) is 0 Å². The first-order valence-electron chi connectivity index (χ1n) is 10.0. The fourth-order valence-corrected chi connectivity index (χ4v) is 4.38. The molecule has 8 heteroatoms. The molecule has 0 aliphatic carbocycles. The van der Waals surface area contributed by atoms with Gasteiger partial charge in [-0.1, -0.05) is 0 Å². The highest BCUT2D eigenvalue weighted by atomic mass is 16.3. The number of rotatable bonds is 3. The van der Waals surface area contributed by atoms with Gasteiger partial charge in [0.05, 0.1) is 17.9 Å². The van der Waals surface area contributed by atoms with Gasteiger partial charge in [0.15, 0.2) is 12.0 Å². The number of amides is 1. The molecule has 5 heterocycles. The molecule has 2 saturated heterocycles. The minimum atomic E-state index is -0.124. The summed E-state index contributed by atoms with van der Waals surface area (Å²) in [5, 5.41) is 4.77. The van der Waals surface area contributed by atoms with E-state index in [2.05, 4.69) is 16.8 Å². The lowest BCUT2D eigenvalue weighted by molar-refractivity contribution is 0.0573. The fraction of sp³-hybridized carbons (Fsp3) is 0.500. The lowest BCUT2D eigenvalue weighted by Crippen LogP contribution is -2.38. The molecule has 1 atom stereocenters. The van der Waals surface area contributed by atoms with Gasteiger partial charge in [0.25, 0.3) is 5.91 Å². The van der Waals surface area contributed by atoms with Crippen molar-refractivity contribution in [2.24, 2.45) is 0 Å². The fourth-order valence-electron chi connectivity index (χ4n) is 4.38. The summed E-state index contributed by atoms with van der Waals surface area (Å²) in [4.78, 5) is 25.9. The summed E-state index contributed by atoms with van der Waals surface area (Å²) in [6.07, 6.45) is 10.2. The van der Waals surface area contributed by atoms with Crippen LogP contribution < -0.4 is 4.90 Å². The average Bonchev–Trinajstić information content (AvgIpc) is 3.47. The van der Waals surface area contributed by atoms with Crippen molar-refractivity contribution in [1.29, 1.82) is 0 Å². The molecule has 5 rings (SSSR count). The molecule has 1 unspecified atom stereocenters. The number of carbonyl (C=O) groups excluding carboxylic acids is 1. The predicted octanol–water partition coefficient (Wildman–Crippen LogP) is 2.99. The van der Waals surface area contributed by atoms with Gasteiger partial charge in [0.2, 0.25) is 5.76 Å². The van der Waals surface area contributed by atoms with E-state index in [0.29, 0.717) is 6.54 Å². The van der Waals surface area contributed by atoms with Crippen LogP contribution in [0.3, 0.4) is 0 Å². The maximum Gasteiger partial charge on any atom is 0.291 e. The van der Waals surface area contributed by atoms with Gasteiger partial charge < -0.3 is 14.2 Å². The number of aryl methyl sites for hydroxylation is 1. The number of likely N-dealkylation sites (tertiary alicyclic amines) is 1. The lowest BCUT2D eigenvalue weighted by Gasteiger charge is -2.34. The second kappa shape index (κ2) is 6.92. The molecule has 3 aromatic heterocycles. The molecule has 146 valence electrons. The highest BCUT2D eigenvalue weighted by Gasteiger charge is 2.32. The van der Waals surface area contributed by atoms with Crippen LogP contribution in [0.5, 0.6) is 0 Å². The summed E-state index contributed by atoms with van der Waals surface area (Å²) in [6, 6.07) is 1.96. The second-order valence-corrected chi connectivity index (χ2v) is 7.69. The zero-order chi connectivity index (χ0) is 19.1. The zero-order valence-corrected chi connectivity index (χ0v) is 16.0. The van der Waals surface area contributed by atoms with Crippen LogP contribution in [0.2, 0.25) is 0 Å². The van der Waals surface area contributed by atoms with Crippen LogP contribution in [0.1, 0.15) is 60.0 Å². The van der Waals surface area contributed by atoms with E-state index in [-0.39, 0.29) is 17.7 Å². The minimum Gasteiger partial charge on any atom is -0.438 e. The summed E-state index contributed by atoms with van der Waals surface area (Å²) in [5.41, 5.74) is 2.85. The van der Waals surface area contributed by atoms with Crippen molar-refractivity contribution < 1.29 is 9.21 Å². The second-order valence-electron chi connectivity index (χ2n) is 7.69. The third-order valence-electron chi connectivity index (χ3n) is 5.78. The van der Waals surface area contributed by atoms with Crippen LogP contribution in [0.4, 0.5) is 5.82 Å². The summed E-state index contributed by atoms with van der Waals surface area (Å²) in [7, 11) is 0. The van der Waals surface area contributed by atoms with Crippen LogP contribution in [0, 0.1) is 6.92 Å². The van der Waals surface area contributed by atoms with E-state index >= 15 is 0 Å². The monoisotopic (exact) mass is 380 g/mol. The van der Waals surface area contributed by atoms with Crippen LogP contribution in [-0.4, -0.2) is 50.0 Å². The van der Waals surface area contributed by atoms with Crippen LogP contribution in [-0.2, 0) is 0 Å². The van der Waals surface area contributed by atoms with Crippen molar-refractivity contribution in [3.05, 3.63) is 41.9 Å². The van der Waals surface area contributed by atoms with Gasteiger partial charge in [0, 0.05) is 37.5 Å². The Morgan fingerprint density at radius 1 is 1.18 bits per heavy atom. The number of hydrogen-bond donors (Lipinski definition) is 0.